The van der Waals surface area contributed by atoms with Crippen LogP contribution >= 0.6 is 12.4 Å². The molecule has 2 fully saturated rings. The Balaban J connectivity index is 0.00000176. The van der Waals surface area contributed by atoms with Gasteiger partial charge in [-0.25, -0.2) is 4.39 Å². The Morgan fingerprint density at radius 1 is 1.18 bits per heavy atom. The van der Waals surface area contributed by atoms with Gasteiger partial charge in [0.05, 0.1) is 7.11 Å². The van der Waals surface area contributed by atoms with Crippen LogP contribution in [0.2, 0.25) is 0 Å². The molecule has 0 aliphatic heterocycles. The van der Waals surface area contributed by atoms with Crippen molar-refractivity contribution in [3.8, 4) is 5.75 Å². The van der Waals surface area contributed by atoms with Crippen LogP contribution in [0.5, 0.6) is 5.75 Å². The molecule has 3 rings (SSSR count). The number of benzene rings is 1. The maximum atomic E-state index is 13.9. The van der Waals surface area contributed by atoms with Gasteiger partial charge in [0.15, 0.2) is 0 Å². The van der Waals surface area contributed by atoms with Gasteiger partial charge in [0.2, 0.25) is 0 Å². The molecule has 4 heteroatoms. The number of nitrogens with zero attached hydrogens (tertiary/aromatic N) is 1. The molecule has 2 saturated carbocycles. The number of methoxy groups -OCH3 is 1. The largest absolute Gasteiger partial charge is 0.497 e. The van der Waals surface area contributed by atoms with Crippen LogP contribution in [0, 0.1) is 23.6 Å². The molecule has 2 bridgehead atoms. The van der Waals surface area contributed by atoms with E-state index in [0.717, 1.165) is 23.9 Å². The molecule has 0 heterocycles. The molecule has 1 aromatic rings. The second kappa shape index (κ2) is 7.18. The maximum Gasteiger partial charge on any atom is 0.127 e. The zero-order chi connectivity index (χ0) is 15.0. The lowest BCUT2D eigenvalue weighted by molar-refractivity contribution is 0.164. The number of hydrogen-bond donors (Lipinski definition) is 0. The van der Waals surface area contributed by atoms with E-state index in [0.29, 0.717) is 17.6 Å². The predicted molar refractivity (Wildman–Crippen MR) is 90.4 cm³/mol. The average Bonchev–Trinajstić information content (AvgIpc) is 2.83. The monoisotopic (exact) mass is 327 g/mol. The van der Waals surface area contributed by atoms with Gasteiger partial charge in [-0.1, -0.05) is 6.42 Å². The third-order valence-electron chi connectivity index (χ3n) is 5.42. The Hall–Kier alpha value is -0.800. The van der Waals surface area contributed by atoms with Crippen molar-refractivity contribution in [2.45, 2.75) is 31.6 Å². The molecular formula is C18H27ClFNO. The molecule has 2 aliphatic rings. The quantitative estimate of drug-likeness (QED) is 0.815. The summed E-state index contributed by atoms with van der Waals surface area (Å²) in [5.41, 5.74) is 1.13. The molecule has 2 nitrogen and oxygen atoms in total. The minimum atomic E-state index is -0.175. The second-order valence-electron chi connectivity index (χ2n) is 7.13. The van der Waals surface area contributed by atoms with E-state index in [9.17, 15) is 4.39 Å². The van der Waals surface area contributed by atoms with E-state index in [1.54, 1.807) is 13.2 Å². The number of hydrogen-bond acceptors (Lipinski definition) is 2. The van der Waals surface area contributed by atoms with Gasteiger partial charge in [0, 0.05) is 12.6 Å². The van der Waals surface area contributed by atoms with Gasteiger partial charge in [-0.3, -0.25) is 0 Å². The Bertz CT molecular complexity index is 508. The van der Waals surface area contributed by atoms with Crippen molar-refractivity contribution in [3.05, 3.63) is 29.6 Å². The van der Waals surface area contributed by atoms with Crippen LogP contribution in [0.15, 0.2) is 18.2 Å². The van der Waals surface area contributed by atoms with Gasteiger partial charge in [-0.05, 0) is 74.7 Å². The molecule has 124 valence electrons. The summed E-state index contributed by atoms with van der Waals surface area (Å²) in [6, 6.07) is 5.24. The minimum absolute atomic E-state index is 0. The molecule has 4 unspecified atom stereocenters. The third-order valence-corrected chi connectivity index (χ3v) is 5.42. The molecule has 0 N–H and O–H groups in total. The van der Waals surface area contributed by atoms with Gasteiger partial charge in [-0.2, -0.15) is 0 Å². The van der Waals surface area contributed by atoms with Gasteiger partial charge in [0.1, 0.15) is 11.6 Å². The predicted octanol–water partition coefficient (Wildman–Crippen LogP) is 4.34. The normalized spacial score (nSPS) is 30.2. The van der Waals surface area contributed by atoms with Crippen molar-refractivity contribution in [1.82, 2.24) is 4.90 Å². The number of halogens is 2. The smallest absolute Gasteiger partial charge is 0.127 e. The highest BCUT2D eigenvalue weighted by Gasteiger charge is 2.42. The first-order valence-corrected chi connectivity index (χ1v) is 8.06. The summed E-state index contributed by atoms with van der Waals surface area (Å²) in [4.78, 5) is 2.28. The molecule has 0 saturated heterocycles. The second-order valence-corrected chi connectivity index (χ2v) is 7.13. The van der Waals surface area contributed by atoms with Crippen LogP contribution in [0.4, 0.5) is 4.39 Å². The number of fused-ring (bicyclic) bond motifs is 2. The Morgan fingerprint density at radius 3 is 2.64 bits per heavy atom. The first-order chi connectivity index (χ1) is 10.1. The lowest BCUT2D eigenvalue weighted by Gasteiger charge is -2.38. The van der Waals surface area contributed by atoms with E-state index < -0.39 is 0 Å². The third kappa shape index (κ3) is 3.57. The van der Waals surface area contributed by atoms with Crippen molar-refractivity contribution in [3.63, 3.8) is 0 Å². The lowest BCUT2D eigenvalue weighted by atomic mass is 9.69. The molecule has 4 atom stereocenters. The molecule has 0 radical (unpaired) electrons. The van der Waals surface area contributed by atoms with Crippen LogP contribution in [-0.4, -0.2) is 32.6 Å². The van der Waals surface area contributed by atoms with E-state index in [1.807, 2.05) is 6.07 Å². The van der Waals surface area contributed by atoms with Crippen molar-refractivity contribution in [2.75, 3.05) is 27.7 Å². The van der Waals surface area contributed by atoms with E-state index in [1.165, 1.54) is 31.7 Å². The fraction of sp³-hybridized carbons (Fsp3) is 0.667. The molecule has 2 aliphatic carbocycles. The Morgan fingerprint density at radius 2 is 1.95 bits per heavy atom. The SMILES string of the molecule is COc1cc(F)cc(C2CC3CCC(C3)C2CN(C)C)c1.Cl. The first kappa shape index (κ1) is 17.6. The summed E-state index contributed by atoms with van der Waals surface area (Å²) in [5.74, 6) is 3.24. The van der Waals surface area contributed by atoms with Crippen LogP contribution in [0.1, 0.15) is 37.2 Å². The van der Waals surface area contributed by atoms with Crippen LogP contribution < -0.4 is 4.74 Å². The summed E-state index contributed by atoms with van der Waals surface area (Å²) in [5, 5.41) is 0. The highest BCUT2D eigenvalue weighted by molar-refractivity contribution is 5.85. The van der Waals surface area contributed by atoms with Crippen LogP contribution in [0.25, 0.3) is 0 Å². The summed E-state index contributed by atoms with van der Waals surface area (Å²) in [6.45, 7) is 1.10. The van der Waals surface area contributed by atoms with E-state index in [-0.39, 0.29) is 18.2 Å². The van der Waals surface area contributed by atoms with Crippen molar-refractivity contribution >= 4 is 12.4 Å². The van der Waals surface area contributed by atoms with Gasteiger partial charge in [-0.15, -0.1) is 12.4 Å². The summed E-state index contributed by atoms with van der Waals surface area (Å²) < 4.78 is 19.1. The van der Waals surface area contributed by atoms with E-state index in [4.69, 9.17) is 4.74 Å². The fourth-order valence-corrected chi connectivity index (χ4v) is 4.58. The lowest BCUT2D eigenvalue weighted by Crippen LogP contribution is -2.34. The number of rotatable bonds is 4. The highest BCUT2D eigenvalue weighted by atomic mass is 35.5. The fourth-order valence-electron chi connectivity index (χ4n) is 4.58. The van der Waals surface area contributed by atoms with Gasteiger partial charge in [0.25, 0.3) is 0 Å². The van der Waals surface area contributed by atoms with E-state index >= 15 is 0 Å². The van der Waals surface area contributed by atoms with Crippen molar-refractivity contribution in [2.24, 2.45) is 17.8 Å². The van der Waals surface area contributed by atoms with Crippen LogP contribution in [-0.2, 0) is 0 Å². The minimum Gasteiger partial charge on any atom is -0.497 e. The van der Waals surface area contributed by atoms with Gasteiger partial charge < -0.3 is 9.64 Å². The van der Waals surface area contributed by atoms with Gasteiger partial charge >= 0.3 is 0 Å². The zero-order valence-electron chi connectivity index (χ0n) is 13.7. The molecule has 22 heavy (non-hydrogen) atoms. The highest BCUT2D eigenvalue weighted by Crippen LogP contribution is 2.52. The number of ether oxygens (including phenoxy) is 1. The van der Waals surface area contributed by atoms with E-state index in [2.05, 4.69) is 19.0 Å². The molecule has 1 aromatic carbocycles. The molecule has 0 aromatic heterocycles. The topological polar surface area (TPSA) is 12.5 Å². The standard InChI is InChI=1S/C18H26FNO.ClH/c1-20(2)11-18-13-5-4-12(6-13)7-17(18)14-8-15(19)10-16(9-14)21-3;/h8-10,12-13,17-18H,4-7,11H2,1-3H3;1H. The van der Waals surface area contributed by atoms with Crippen molar-refractivity contribution < 1.29 is 9.13 Å². The Kier molecular flexibility index (Phi) is 5.73. The maximum absolute atomic E-state index is 13.9. The summed E-state index contributed by atoms with van der Waals surface area (Å²) >= 11 is 0. The zero-order valence-corrected chi connectivity index (χ0v) is 14.5. The summed E-state index contributed by atoms with van der Waals surface area (Å²) in [6.07, 6.45) is 5.30. The summed E-state index contributed by atoms with van der Waals surface area (Å²) in [7, 11) is 5.90. The molecule has 0 spiro atoms. The first-order valence-electron chi connectivity index (χ1n) is 8.06. The average molecular weight is 328 g/mol. The Labute approximate surface area is 139 Å². The van der Waals surface area contributed by atoms with Crippen LogP contribution in [0.3, 0.4) is 0 Å². The molecule has 0 amide bonds. The van der Waals surface area contributed by atoms with Crippen molar-refractivity contribution in [1.29, 1.82) is 0 Å². The molecular weight excluding hydrogens is 301 g/mol.